The van der Waals surface area contributed by atoms with Crippen molar-refractivity contribution < 1.29 is 54.8 Å². The van der Waals surface area contributed by atoms with Gasteiger partial charge >= 0.3 is 0 Å². The first kappa shape index (κ1) is 28.4. The second-order valence-corrected chi connectivity index (χ2v) is 9.06. The molecule has 212 valence electrons. The maximum absolute atomic E-state index is 11.6. The number of carbonyl (C=O) groups excluding carboxylic acids is 1. The van der Waals surface area contributed by atoms with Gasteiger partial charge in [0.25, 0.3) is 0 Å². The molecule has 8 N–H and O–H groups in total. The van der Waals surface area contributed by atoms with E-state index < -0.39 is 80.4 Å². The molecular weight excluding hydrogens is 514 g/mol. The summed E-state index contributed by atoms with van der Waals surface area (Å²) in [6, 6.07) is -1.07. The zero-order valence-electron chi connectivity index (χ0n) is 20.2. The van der Waals surface area contributed by atoms with Crippen LogP contribution in [0.15, 0.2) is 12.4 Å². The van der Waals surface area contributed by atoms with E-state index in [1.54, 1.807) is 0 Å². The van der Waals surface area contributed by atoms with E-state index in [0.29, 0.717) is 11.4 Å². The molecule has 2 fully saturated rings. The Balaban J connectivity index is 1.39. The van der Waals surface area contributed by atoms with E-state index in [4.69, 9.17) is 14.2 Å². The third-order valence-electron chi connectivity index (χ3n) is 6.24. The average Bonchev–Trinajstić information content (AvgIpc) is 3.55. The number of aromatic nitrogens is 6. The number of aliphatic hydroxyl groups excluding tert-OH is 7. The van der Waals surface area contributed by atoms with Gasteiger partial charge in [-0.1, -0.05) is 10.4 Å². The molecule has 0 aromatic carbocycles. The Kier molecular flexibility index (Phi) is 8.98. The van der Waals surface area contributed by atoms with Crippen LogP contribution in [0.4, 0.5) is 0 Å². The lowest BCUT2D eigenvalue weighted by Gasteiger charge is -2.42. The summed E-state index contributed by atoms with van der Waals surface area (Å²) in [5.41, 5.74) is 0.723. The van der Waals surface area contributed by atoms with Gasteiger partial charge in [0.15, 0.2) is 12.5 Å². The van der Waals surface area contributed by atoms with E-state index >= 15 is 0 Å². The van der Waals surface area contributed by atoms with Crippen molar-refractivity contribution in [3.63, 3.8) is 0 Å². The third-order valence-corrected chi connectivity index (χ3v) is 6.24. The summed E-state index contributed by atoms with van der Waals surface area (Å²) >= 11 is 0. The van der Waals surface area contributed by atoms with Crippen LogP contribution < -0.4 is 5.32 Å². The van der Waals surface area contributed by atoms with Crippen LogP contribution in [0.25, 0.3) is 0 Å². The monoisotopic (exact) mass is 545 g/mol. The Morgan fingerprint density at radius 3 is 2.26 bits per heavy atom. The molecule has 2 saturated heterocycles. The summed E-state index contributed by atoms with van der Waals surface area (Å²) in [7, 11) is 0. The highest BCUT2D eigenvalue weighted by atomic mass is 16.7. The number of amides is 1. The topological polar surface area (TPSA) is 260 Å². The average molecular weight is 546 g/mol. The first-order valence-electron chi connectivity index (χ1n) is 11.7. The van der Waals surface area contributed by atoms with E-state index in [2.05, 4.69) is 25.9 Å². The fourth-order valence-corrected chi connectivity index (χ4v) is 4.25. The lowest BCUT2D eigenvalue weighted by molar-refractivity contribution is -0.304. The van der Waals surface area contributed by atoms with E-state index in [-0.39, 0.29) is 13.2 Å². The zero-order valence-corrected chi connectivity index (χ0v) is 20.2. The quantitative estimate of drug-likeness (QED) is 0.146. The van der Waals surface area contributed by atoms with Gasteiger partial charge in [-0.05, 0) is 0 Å². The molecule has 0 unspecified atom stereocenters. The van der Waals surface area contributed by atoms with Crippen molar-refractivity contribution in [2.24, 2.45) is 0 Å². The fourth-order valence-electron chi connectivity index (χ4n) is 4.25. The SMILES string of the molecule is CC(=O)N[C@@H]1[C@@H](O)[C@H](O)[C@@H](CO)O[C@H]1n1cc(Cn2cc(CO[C@H]3O[C@H](CO)[C@@H](O)[C@H](O)[C@@H]3O)nn2)nn1. The Labute approximate surface area is 215 Å². The Morgan fingerprint density at radius 1 is 0.921 bits per heavy atom. The first-order chi connectivity index (χ1) is 18.1. The van der Waals surface area contributed by atoms with Gasteiger partial charge in [-0.25, -0.2) is 9.36 Å². The van der Waals surface area contributed by atoms with Crippen LogP contribution in [0.2, 0.25) is 0 Å². The maximum Gasteiger partial charge on any atom is 0.217 e. The molecule has 2 aromatic rings. The first-order valence-corrected chi connectivity index (χ1v) is 11.7. The van der Waals surface area contributed by atoms with Crippen LogP contribution in [-0.4, -0.2) is 140 Å². The molecule has 4 heterocycles. The third kappa shape index (κ3) is 5.99. The van der Waals surface area contributed by atoms with Gasteiger partial charge < -0.3 is 55.3 Å². The molecular formula is C20H31N7O11. The lowest BCUT2D eigenvalue weighted by Crippen LogP contribution is -2.62. The summed E-state index contributed by atoms with van der Waals surface area (Å²) < 4.78 is 19.0. The summed E-state index contributed by atoms with van der Waals surface area (Å²) in [6.45, 7) is 0.00554. The lowest BCUT2D eigenvalue weighted by atomic mass is 9.96. The molecule has 2 aromatic heterocycles. The molecule has 38 heavy (non-hydrogen) atoms. The minimum absolute atomic E-state index is 0.0964. The standard InChI is InChI=1S/C20H31N7O11/c1-8(30)21-13-16(33)14(31)11(5-28)37-19(13)27-4-9(22-25-27)2-26-3-10(23-24-26)7-36-20-18(35)17(34)15(32)12(6-29)38-20/h3-4,11-20,28-29,31-35H,2,5-7H2,1H3,(H,21,30)/t11-,12-,13-,14-,15-,16-,17+,18+,19-,20+/m1/s1. The second-order valence-electron chi connectivity index (χ2n) is 9.06. The van der Waals surface area contributed by atoms with Crippen LogP contribution in [-0.2, 0) is 32.2 Å². The molecule has 10 atom stereocenters. The van der Waals surface area contributed by atoms with Crippen molar-refractivity contribution in [2.75, 3.05) is 13.2 Å². The van der Waals surface area contributed by atoms with E-state index in [0.717, 1.165) is 0 Å². The zero-order chi connectivity index (χ0) is 27.6. The number of hydrogen-bond donors (Lipinski definition) is 8. The molecule has 2 aliphatic heterocycles. The Morgan fingerprint density at radius 2 is 1.58 bits per heavy atom. The van der Waals surface area contributed by atoms with E-state index in [9.17, 15) is 40.5 Å². The van der Waals surface area contributed by atoms with Crippen LogP contribution >= 0.6 is 0 Å². The molecule has 2 aliphatic rings. The maximum atomic E-state index is 11.6. The van der Waals surface area contributed by atoms with Gasteiger partial charge in [-0.2, -0.15) is 0 Å². The second kappa shape index (κ2) is 12.0. The normalized spacial score (nSPS) is 35.8. The Hall–Kier alpha value is -2.65. The van der Waals surface area contributed by atoms with Crippen molar-refractivity contribution in [2.45, 2.75) is 81.4 Å². The number of carbonyl (C=O) groups is 1. The number of hydrogen-bond acceptors (Lipinski definition) is 15. The van der Waals surface area contributed by atoms with Crippen molar-refractivity contribution in [3.8, 4) is 0 Å². The molecule has 0 saturated carbocycles. The predicted octanol–water partition coefficient (Wildman–Crippen LogP) is -5.65. The fraction of sp³-hybridized carbons (Fsp3) is 0.750. The summed E-state index contributed by atoms with van der Waals surface area (Å²) in [5, 5.41) is 87.6. The molecule has 0 bridgehead atoms. The van der Waals surface area contributed by atoms with Gasteiger partial charge in [0, 0.05) is 6.92 Å². The highest BCUT2D eigenvalue weighted by molar-refractivity contribution is 5.73. The minimum Gasteiger partial charge on any atom is -0.394 e. The van der Waals surface area contributed by atoms with Crippen LogP contribution in [0.1, 0.15) is 24.5 Å². The van der Waals surface area contributed by atoms with Crippen LogP contribution in [0, 0.1) is 0 Å². The van der Waals surface area contributed by atoms with Crippen LogP contribution in [0.3, 0.4) is 0 Å². The number of aliphatic hydroxyl groups is 7. The number of nitrogens with zero attached hydrogens (tertiary/aromatic N) is 6. The molecule has 4 rings (SSSR count). The van der Waals surface area contributed by atoms with Crippen molar-refractivity contribution in [1.82, 2.24) is 35.3 Å². The molecule has 0 spiro atoms. The molecule has 18 nitrogen and oxygen atoms in total. The Bertz CT molecular complexity index is 1070. The predicted molar refractivity (Wildman–Crippen MR) is 118 cm³/mol. The van der Waals surface area contributed by atoms with Gasteiger partial charge in [0.2, 0.25) is 5.91 Å². The molecule has 0 aliphatic carbocycles. The number of rotatable bonds is 9. The van der Waals surface area contributed by atoms with Gasteiger partial charge in [-0.15, -0.1) is 10.2 Å². The van der Waals surface area contributed by atoms with Crippen molar-refractivity contribution in [1.29, 1.82) is 0 Å². The molecule has 18 heteroatoms. The summed E-state index contributed by atoms with van der Waals surface area (Å²) in [4.78, 5) is 11.6. The van der Waals surface area contributed by atoms with E-state index in [1.165, 1.54) is 28.7 Å². The van der Waals surface area contributed by atoms with Gasteiger partial charge in [0.05, 0.1) is 38.8 Å². The van der Waals surface area contributed by atoms with Crippen LogP contribution in [0.5, 0.6) is 0 Å². The van der Waals surface area contributed by atoms with Crippen molar-refractivity contribution in [3.05, 3.63) is 23.8 Å². The van der Waals surface area contributed by atoms with Gasteiger partial charge in [0.1, 0.15) is 60.2 Å². The highest BCUT2D eigenvalue weighted by Crippen LogP contribution is 2.28. The van der Waals surface area contributed by atoms with E-state index in [1.807, 2.05) is 0 Å². The van der Waals surface area contributed by atoms with Crippen molar-refractivity contribution >= 4 is 5.91 Å². The smallest absolute Gasteiger partial charge is 0.217 e. The molecule has 0 radical (unpaired) electrons. The largest absolute Gasteiger partial charge is 0.394 e. The highest BCUT2D eigenvalue weighted by Gasteiger charge is 2.46. The number of ether oxygens (including phenoxy) is 3. The summed E-state index contributed by atoms with van der Waals surface area (Å²) in [6.07, 6.45) is -9.12. The number of nitrogens with one attached hydrogen (secondary N) is 1. The summed E-state index contributed by atoms with van der Waals surface area (Å²) in [5.74, 6) is -0.473. The van der Waals surface area contributed by atoms with Gasteiger partial charge in [-0.3, -0.25) is 4.79 Å². The minimum atomic E-state index is -1.57. The molecule has 1 amide bonds.